The summed E-state index contributed by atoms with van der Waals surface area (Å²) in [6.45, 7) is 11.2. The van der Waals surface area contributed by atoms with Crippen LogP contribution in [0.3, 0.4) is 0 Å². The Morgan fingerprint density at radius 2 is 2.05 bits per heavy atom. The number of hydrogen-bond donors (Lipinski definition) is 1. The van der Waals surface area contributed by atoms with Gasteiger partial charge in [0.15, 0.2) is 0 Å². The summed E-state index contributed by atoms with van der Waals surface area (Å²) in [6.07, 6.45) is 9.10. The molecule has 120 valence electrons. The fraction of sp³-hybridized carbons (Fsp3) is 0.833. The summed E-state index contributed by atoms with van der Waals surface area (Å²) in [4.78, 5) is 0. The van der Waals surface area contributed by atoms with Crippen LogP contribution < -0.4 is 5.32 Å². The van der Waals surface area contributed by atoms with Crippen molar-refractivity contribution in [3.8, 4) is 0 Å². The highest BCUT2D eigenvalue weighted by Gasteiger charge is 2.20. The summed E-state index contributed by atoms with van der Waals surface area (Å²) >= 11 is 0. The van der Waals surface area contributed by atoms with Crippen LogP contribution in [0.15, 0.2) is 0 Å². The molecule has 1 atom stereocenters. The minimum Gasteiger partial charge on any atom is -0.314 e. The molecule has 1 fully saturated rings. The molecule has 0 aromatic carbocycles. The zero-order chi connectivity index (χ0) is 15.2. The zero-order valence-electron chi connectivity index (χ0n) is 14.4. The molecule has 3 nitrogen and oxygen atoms in total. The van der Waals surface area contributed by atoms with Crippen LogP contribution in [0.2, 0.25) is 0 Å². The van der Waals surface area contributed by atoms with Crippen LogP contribution in [0.5, 0.6) is 0 Å². The van der Waals surface area contributed by atoms with Gasteiger partial charge in [0.2, 0.25) is 0 Å². The normalized spacial score (nSPS) is 16.4. The summed E-state index contributed by atoms with van der Waals surface area (Å²) in [5.74, 6) is 0.778. The Balaban J connectivity index is 1.92. The van der Waals surface area contributed by atoms with Gasteiger partial charge in [0.25, 0.3) is 0 Å². The fourth-order valence-corrected chi connectivity index (χ4v) is 3.12. The van der Waals surface area contributed by atoms with Crippen molar-refractivity contribution in [3.63, 3.8) is 0 Å². The first-order valence-corrected chi connectivity index (χ1v) is 8.91. The third kappa shape index (κ3) is 4.84. The highest BCUT2D eigenvalue weighted by atomic mass is 15.3. The standard InChI is InChI=1S/C18H33N3/c1-5-7-8-16(6-2)13-21-15(4)18(14(3)20-21)11-12-19-17-9-10-17/h16-17,19H,5-13H2,1-4H3. The number of nitrogens with zero attached hydrogens (tertiary/aromatic N) is 2. The highest BCUT2D eigenvalue weighted by Crippen LogP contribution is 2.21. The maximum Gasteiger partial charge on any atom is 0.0628 e. The Bertz CT molecular complexity index is 432. The van der Waals surface area contributed by atoms with Gasteiger partial charge in [-0.05, 0) is 57.6 Å². The molecule has 3 heteroatoms. The minimum absolute atomic E-state index is 0.778. The van der Waals surface area contributed by atoms with Gasteiger partial charge in [-0.1, -0.05) is 33.1 Å². The topological polar surface area (TPSA) is 29.9 Å². The lowest BCUT2D eigenvalue weighted by Gasteiger charge is -2.15. The molecular formula is C18H33N3. The van der Waals surface area contributed by atoms with Crippen molar-refractivity contribution in [1.82, 2.24) is 15.1 Å². The van der Waals surface area contributed by atoms with E-state index in [1.165, 1.54) is 55.5 Å². The van der Waals surface area contributed by atoms with E-state index in [0.717, 1.165) is 31.5 Å². The first-order chi connectivity index (χ1) is 10.2. The SMILES string of the molecule is CCCCC(CC)Cn1nc(C)c(CCNC2CC2)c1C. The predicted octanol–water partition coefficient (Wildman–Crippen LogP) is 4.01. The lowest BCUT2D eigenvalue weighted by molar-refractivity contribution is 0.367. The van der Waals surface area contributed by atoms with Gasteiger partial charge in [0.05, 0.1) is 5.69 Å². The molecule has 0 radical (unpaired) electrons. The molecule has 2 rings (SSSR count). The second kappa shape index (κ2) is 7.98. The van der Waals surface area contributed by atoms with Gasteiger partial charge >= 0.3 is 0 Å². The van der Waals surface area contributed by atoms with Crippen molar-refractivity contribution in [2.75, 3.05) is 6.54 Å². The number of rotatable bonds is 10. The van der Waals surface area contributed by atoms with E-state index >= 15 is 0 Å². The lowest BCUT2D eigenvalue weighted by atomic mass is 9.99. The van der Waals surface area contributed by atoms with E-state index in [1.54, 1.807) is 0 Å². The zero-order valence-corrected chi connectivity index (χ0v) is 14.4. The Kier molecular flexibility index (Phi) is 6.28. The van der Waals surface area contributed by atoms with E-state index in [9.17, 15) is 0 Å². The summed E-state index contributed by atoms with van der Waals surface area (Å²) in [6, 6.07) is 0.805. The third-order valence-electron chi connectivity index (χ3n) is 4.89. The van der Waals surface area contributed by atoms with Crippen molar-refractivity contribution in [2.24, 2.45) is 5.92 Å². The Morgan fingerprint density at radius 1 is 1.29 bits per heavy atom. The molecule has 0 amide bonds. The van der Waals surface area contributed by atoms with Gasteiger partial charge in [-0.15, -0.1) is 0 Å². The maximum atomic E-state index is 4.81. The summed E-state index contributed by atoms with van der Waals surface area (Å²) in [5, 5.41) is 8.42. The van der Waals surface area contributed by atoms with Crippen LogP contribution in [-0.4, -0.2) is 22.4 Å². The molecule has 0 aliphatic heterocycles. The average molecular weight is 291 g/mol. The predicted molar refractivity (Wildman–Crippen MR) is 89.7 cm³/mol. The third-order valence-corrected chi connectivity index (χ3v) is 4.89. The Morgan fingerprint density at radius 3 is 2.67 bits per heavy atom. The number of aromatic nitrogens is 2. The maximum absolute atomic E-state index is 4.81. The quantitative estimate of drug-likeness (QED) is 0.706. The number of unbranched alkanes of at least 4 members (excludes halogenated alkanes) is 1. The average Bonchev–Trinajstić information content (AvgIpc) is 3.25. The molecule has 1 unspecified atom stereocenters. The van der Waals surface area contributed by atoms with Crippen LogP contribution in [0.1, 0.15) is 69.3 Å². The van der Waals surface area contributed by atoms with Gasteiger partial charge in [0, 0.05) is 18.3 Å². The molecule has 0 spiro atoms. The molecule has 1 aliphatic rings. The number of aryl methyl sites for hydroxylation is 1. The number of hydrogen-bond acceptors (Lipinski definition) is 2. The summed E-state index contributed by atoms with van der Waals surface area (Å²) < 4.78 is 2.27. The van der Waals surface area contributed by atoms with Crippen LogP contribution in [0.4, 0.5) is 0 Å². The van der Waals surface area contributed by atoms with E-state index in [0.29, 0.717) is 0 Å². The summed E-state index contributed by atoms with van der Waals surface area (Å²) in [7, 11) is 0. The monoisotopic (exact) mass is 291 g/mol. The summed E-state index contributed by atoms with van der Waals surface area (Å²) in [5.41, 5.74) is 4.09. The van der Waals surface area contributed by atoms with Crippen LogP contribution in [0.25, 0.3) is 0 Å². The van der Waals surface area contributed by atoms with Crippen molar-refractivity contribution >= 4 is 0 Å². The smallest absolute Gasteiger partial charge is 0.0628 e. The molecule has 1 aromatic heterocycles. The van der Waals surface area contributed by atoms with Gasteiger partial charge in [-0.25, -0.2) is 0 Å². The van der Waals surface area contributed by atoms with Crippen LogP contribution in [0, 0.1) is 19.8 Å². The van der Waals surface area contributed by atoms with Gasteiger partial charge in [0.1, 0.15) is 0 Å². The first kappa shape index (κ1) is 16.5. The first-order valence-electron chi connectivity index (χ1n) is 8.91. The fourth-order valence-electron chi connectivity index (χ4n) is 3.12. The van der Waals surface area contributed by atoms with Crippen LogP contribution in [-0.2, 0) is 13.0 Å². The lowest BCUT2D eigenvalue weighted by Crippen LogP contribution is -2.19. The van der Waals surface area contributed by atoms with Crippen molar-refractivity contribution in [2.45, 2.75) is 85.2 Å². The Labute approximate surface area is 130 Å². The van der Waals surface area contributed by atoms with Crippen molar-refractivity contribution in [1.29, 1.82) is 0 Å². The van der Waals surface area contributed by atoms with Gasteiger partial charge in [-0.2, -0.15) is 5.10 Å². The van der Waals surface area contributed by atoms with Gasteiger partial charge in [-0.3, -0.25) is 4.68 Å². The van der Waals surface area contributed by atoms with Crippen LogP contribution >= 0.6 is 0 Å². The minimum atomic E-state index is 0.778. The van der Waals surface area contributed by atoms with E-state index in [1.807, 2.05) is 0 Å². The van der Waals surface area contributed by atoms with E-state index in [-0.39, 0.29) is 0 Å². The molecule has 0 saturated heterocycles. The van der Waals surface area contributed by atoms with Crippen molar-refractivity contribution < 1.29 is 0 Å². The molecule has 1 N–H and O–H groups in total. The molecule has 1 aliphatic carbocycles. The second-order valence-electron chi connectivity index (χ2n) is 6.73. The molecule has 1 heterocycles. The molecule has 0 bridgehead atoms. The van der Waals surface area contributed by atoms with E-state index in [4.69, 9.17) is 5.10 Å². The van der Waals surface area contributed by atoms with Crippen molar-refractivity contribution in [3.05, 3.63) is 17.0 Å². The second-order valence-corrected chi connectivity index (χ2v) is 6.73. The number of nitrogens with one attached hydrogen (secondary N) is 1. The largest absolute Gasteiger partial charge is 0.314 e. The molecule has 1 saturated carbocycles. The van der Waals surface area contributed by atoms with Gasteiger partial charge < -0.3 is 5.32 Å². The molecule has 21 heavy (non-hydrogen) atoms. The molecular weight excluding hydrogens is 258 g/mol. The van der Waals surface area contributed by atoms with E-state index < -0.39 is 0 Å². The Hall–Kier alpha value is -0.830. The van der Waals surface area contributed by atoms with E-state index in [2.05, 4.69) is 37.7 Å². The highest BCUT2D eigenvalue weighted by molar-refractivity contribution is 5.25. The molecule has 1 aromatic rings.